The molecule has 27 heavy (non-hydrogen) atoms. The van der Waals surface area contributed by atoms with Crippen molar-refractivity contribution >= 4 is 35.1 Å². The number of benzene rings is 2. The number of urea groups is 1. The van der Waals surface area contributed by atoms with Crippen LogP contribution in [-0.4, -0.2) is 29.7 Å². The van der Waals surface area contributed by atoms with E-state index < -0.39 is 29.7 Å². The van der Waals surface area contributed by atoms with Gasteiger partial charge in [0.05, 0.1) is 5.69 Å². The van der Waals surface area contributed by atoms with Crippen molar-refractivity contribution in [3.63, 3.8) is 0 Å². The first-order valence-electron chi connectivity index (χ1n) is 7.52. The third-order valence-corrected chi connectivity index (χ3v) is 4.09. The number of rotatable bonds is 3. The number of alkyl halides is 3. The summed E-state index contributed by atoms with van der Waals surface area (Å²) >= 11 is 5.78. The van der Waals surface area contributed by atoms with Gasteiger partial charge in [0.1, 0.15) is 0 Å². The van der Waals surface area contributed by atoms with Gasteiger partial charge >= 0.3 is 12.2 Å². The predicted molar refractivity (Wildman–Crippen MR) is 90.2 cm³/mol. The SMILES string of the molecule is O=C(N[C@]1(C(F)(F)F)NC(=O)N(c2cccc(Cl)c2)C1=O)c1ccccc1. The number of hydrogen-bond acceptors (Lipinski definition) is 3. The van der Waals surface area contributed by atoms with Crippen molar-refractivity contribution < 1.29 is 27.6 Å². The first kappa shape index (κ1) is 18.7. The van der Waals surface area contributed by atoms with E-state index in [0.717, 1.165) is 6.07 Å². The summed E-state index contributed by atoms with van der Waals surface area (Å²) in [7, 11) is 0. The standard InChI is InChI=1S/C17H11ClF3N3O3/c18-11-7-4-8-12(9-11)24-14(26)16(17(19,20)21,23-15(24)27)22-13(25)10-5-2-1-3-6-10/h1-9H,(H,22,25)(H,23,27)/t16-/m0/s1. The molecule has 140 valence electrons. The molecule has 0 spiro atoms. The molecular formula is C17H11ClF3N3O3. The highest BCUT2D eigenvalue weighted by molar-refractivity contribution is 6.31. The molecule has 2 aromatic carbocycles. The lowest BCUT2D eigenvalue weighted by atomic mass is 10.1. The molecule has 1 fully saturated rings. The van der Waals surface area contributed by atoms with Gasteiger partial charge < -0.3 is 5.32 Å². The maximum absolute atomic E-state index is 13.8. The molecule has 10 heteroatoms. The van der Waals surface area contributed by atoms with E-state index in [1.165, 1.54) is 42.5 Å². The van der Waals surface area contributed by atoms with E-state index in [9.17, 15) is 27.6 Å². The molecule has 0 bridgehead atoms. The summed E-state index contributed by atoms with van der Waals surface area (Å²) in [5, 5.41) is 3.30. The van der Waals surface area contributed by atoms with E-state index in [1.807, 2.05) is 0 Å². The van der Waals surface area contributed by atoms with Crippen LogP contribution in [0.15, 0.2) is 54.6 Å². The Balaban J connectivity index is 2.02. The number of nitrogens with zero attached hydrogens (tertiary/aromatic N) is 1. The van der Waals surface area contributed by atoms with Crippen LogP contribution in [0.3, 0.4) is 0 Å². The maximum atomic E-state index is 13.8. The third kappa shape index (κ3) is 3.21. The zero-order chi connectivity index (χ0) is 19.8. The molecular weight excluding hydrogens is 387 g/mol. The van der Waals surface area contributed by atoms with Gasteiger partial charge in [0, 0.05) is 10.6 Å². The molecule has 2 aromatic rings. The van der Waals surface area contributed by atoms with Gasteiger partial charge in [-0.25, -0.2) is 9.69 Å². The number of halogens is 4. The molecule has 1 aliphatic heterocycles. The lowest BCUT2D eigenvalue weighted by Gasteiger charge is -2.29. The Morgan fingerprint density at radius 1 is 1.07 bits per heavy atom. The molecule has 3 rings (SSSR count). The molecule has 1 saturated heterocycles. The fraction of sp³-hybridized carbons (Fsp3) is 0.118. The number of carbonyl (C=O) groups is 3. The number of amides is 4. The highest BCUT2D eigenvalue weighted by Gasteiger charge is 2.69. The van der Waals surface area contributed by atoms with E-state index in [1.54, 1.807) is 16.7 Å². The summed E-state index contributed by atoms with van der Waals surface area (Å²) in [5.41, 5.74) is -3.87. The van der Waals surface area contributed by atoms with Gasteiger partial charge in [-0.2, -0.15) is 13.2 Å². The Labute approximate surface area is 155 Å². The number of imide groups is 1. The summed E-state index contributed by atoms with van der Waals surface area (Å²) < 4.78 is 41.3. The van der Waals surface area contributed by atoms with Crippen LogP contribution in [0, 0.1) is 0 Å². The Hall–Kier alpha value is -3.07. The molecule has 0 radical (unpaired) electrons. The van der Waals surface area contributed by atoms with Crippen molar-refractivity contribution in [2.24, 2.45) is 0 Å². The number of anilines is 1. The van der Waals surface area contributed by atoms with Crippen LogP contribution in [0.1, 0.15) is 10.4 Å². The van der Waals surface area contributed by atoms with Crippen LogP contribution in [0.25, 0.3) is 0 Å². The molecule has 1 aliphatic rings. The molecule has 0 aromatic heterocycles. The van der Waals surface area contributed by atoms with Gasteiger partial charge in [0.2, 0.25) is 0 Å². The predicted octanol–water partition coefficient (Wildman–Crippen LogP) is 3.08. The van der Waals surface area contributed by atoms with Crippen molar-refractivity contribution in [2.45, 2.75) is 11.8 Å². The second-order valence-electron chi connectivity index (χ2n) is 5.62. The van der Waals surface area contributed by atoms with Crippen LogP contribution in [0.5, 0.6) is 0 Å². The number of carbonyl (C=O) groups excluding carboxylic acids is 3. The molecule has 1 atom stereocenters. The minimum atomic E-state index is -5.29. The maximum Gasteiger partial charge on any atom is 0.440 e. The van der Waals surface area contributed by atoms with E-state index in [0.29, 0.717) is 0 Å². The van der Waals surface area contributed by atoms with Crippen LogP contribution >= 0.6 is 11.6 Å². The summed E-state index contributed by atoms with van der Waals surface area (Å²) in [6.07, 6.45) is -5.29. The van der Waals surface area contributed by atoms with Crippen molar-refractivity contribution in [1.82, 2.24) is 10.6 Å². The zero-order valence-corrected chi connectivity index (χ0v) is 14.1. The fourth-order valence-electron chi connectivity index (χ4n) is 2.56. The lowest BCUT2D eigenvalue weighted by Crippen LogP contribution is -2.69. The number of nitrogens with one attached hydrogen (secondary N) is 2. The molecule has 2 N–H and O–H groups in total. The molecule has 6 nitrogen and oxygen atoms in total. The Morgan fingerprint density at radius 3 is 2.33 bits per heavy atom. The van der Waals surface area contributed by atoms with E-state index in [4.69, 9.17) is 11.6 Å². The molecule has 4 amide bonds. The highest BCUT2D eigenvalue weighted by atomic mass is 35.5. The van der Waals surface area contributed by atoms with E-state index in [2.05, 4.69) is 0 Å². The van der Waals surface area contributed by atoms with Crippen LogP contribution in [-0.2, 0) is 4.79 Å². The molecule has 0 aliphatic carbocycles. The first-order valence-corrected chi connectivity index (χ1v) is 7.90. The molecule has 1 heterocycles. The summed E-state index contributed by atoms with van der Waals surface area (Å²) in [6, 6.07) is 10.9. The van der Waals surface area contributed by atoms with E-state index >= 15 is 0 Å². The monoisotopic (exact) mass is 397 g/mol. The second kappa shape index (κ2) is 6.58. The topological polar surface area (TPSA) is 78.5 Å². The first-order chi connectivity index (χ1) is 12.7. The second-order valence-corrected chi connectivity index (χ2v) is 6.05. The van der Waals surface area contributed by atoms with Crippen molar-refractivity contribution in [3.8, 4) is 0 Å². The number of hydrogen-bond donors (Lipinski definition) is 2. The summed E-state index contributed by atoms with van der Waals surface area (Å²) in [6.45, 7) is 0. The Bertz CT molecular complexity index is 920. The van der Waals surface area contributed by atoms with Crippen LogP contribution in [0.2, 0.25) is 5.02 Å². The molecule has 0 unspecified atom stereocenters. The van der Waals surface area contributed by atoms with Crippen molar-refractivity contribution in [3.05, 3.63) is 65.2 Å². The zero-order valence-electron chi connectivity index (χ0n) is 13.4. The van der Waals surface area contributed by atoms with Crippen LogP contribution in [0.4, 0.5) is 23.7 Å². The largest absolute Gasteiger partial charge is 0.440 e. The average molecular weight is 398 g/mol. The smallest absolute Gasteiger partial charge is 0.314 e. The van der Waals surface area contributed by atoms with Gasteiger partial charge in [-0.15, -0.1) is 0 Å². The summed E-state index contributed by atoms with van der Waals surface area (Å²) in [5.74, 6) is -2.86. The Morgan fingerprint density at radius 2 is 1.74 bits per heavy atom. The quantitative estimate of drug-likeness (QED) is 0.781. The normalized spacial score (nSPS) is 19.8. The van der Waals surface area contributed by atoms with Crippen molar-refractivity contribution in [1.29, 1.82) is 0 Å². The Kier molecular flexibility index (Phi) is 4.56. The average Bonchev–Trinajstić information content (AvgIpc) is 2.86. The van der Waals surface area contributed by atoms with Gasteiger partial charge in [0.25, 0.3) is 17.5 Å². The van der Waals surface area contributed by atoms with Crippen molar-refractivity contribution in [2.75, 3.05) is 4.90 Å². The van der Waals surface area contributed by atoms with Gasteiger partial charge in [-0.3, -0.25) is 14.9 Å². The fourth-order valence-corrected chi connectivity index (χ4v) is 2.74. The highest BCUT2D eigenvalue weighted by Crippen LogP contribution is 2.36. The van der Waals surface area contributed by atoms with E-state index in [-0.39, 0.29) is 21.2 Å². The van der Waals surface area contributed by atoms with Gasteiger partial charge in [-0.1, -0.05) is 35.9 Å². The van der Waals surface area contributed by atoms with Gasteiger partial charge in [-0.05, 0) is 30.3 Å². The lowest BCUT2D eigenvalue weighted by molar-refractivity contribution is -0.197. The van der Waals surface area contributed by atoms with Crippen LogP contribution < -0.4 is 15.5 Å². The third-order valence-electron chi connectivity index (χ3n) is 3.85. The molecule has 0 saturated carbocycles. The van der Waals surface area contributed by atoms with Gasteiger partial charge in [0.15, 0.2) is 0 Å². The summed E-state index contributed by atoms with van der Waals surface area (Å²) in [4.78, 5) is 37.3. The minimum absolute atomic E-state index is 0.107. The minimum Gasteiger partial charge on any atom is -0.314 e.